The van der Waals surface area contributed by atoms with Crippen LogP contribution in [-0.2, 0) is 6.54 Å². The summed E-state index contributed by atoms with van der Waals surface area (Å²) in [5.41, 5.74) is 2.45. The first-order valence-corrected chi connectivity index (χ1v) is 7.51. The highest BCUT2D eigenvalue weighted by molar-refractivity contribution is 5.37. The summed E-state index contributed by atoms with van der Waals surface area (Å²) in [6, 6.07) is 8.36. The maximum atomic E-state index is 4.42. The van der Waals surface area contributed by atoms with Crippen LogP contribution in [0.25, 0.3) is 0 Å². The van der Waals surface area contributed by atoms with Gasteiger partial charge in [0.25, 0.3) is 0 Å². The van der Waals surface area contributed by atoms with E-state index in [-0.39, 0.29) is 0 Å². The van der Waals surface area contributed by atoms with E-state index in [1.54, 1.807) is 6.20 Å². The molecule has 1 heterocycles. The second-order valence-electron chi connectivity index (χ2n) is 5.59. The van der Waals surface area contributed by atoms with Crippen LogP contribution in [0.3, 0.4) is 0 Å². The summed E-state index contributed by atoms with van der Waals surface area (Å²) in [4.78, 5) is 6.58. The zero-order chi connectivity index (χ0) is 15.8. The van der Waals surface area contributed by atoms with Crippen LogP contribution in [-0.4, -0.2) is 47.3 Å². The van der Waals surface area contributed by atoms with Crippen molar-refractivity contribution in [3.8, 4) is 0 Å². The molecule has 0 aliphatic rings. The van der Waals surface area contributed by atoms with E-state index in [2.05, 4.69) is 69.9 Å². The molecule has 0 bridgehead atoms. The number of nitrogens with one attached hydrogen (secondary N) is 2. The molecule has 2 N–H and O–H groups in total. The van der Waals surface area contributed by atoms with Gasteiger partial charge in [0.2, 0.25) is 5.95 Å². The van der Waals surface area contributed by atoms with Gasteiger partial charge in [-0.1, -0.05) is 29.8 Å². The summed E-state index contributed by atoms with van der Waals surface area (Å²) >= 11 is 0. The van der Waals surface area contributed by atoms with Gasteiger partial charge in [0.15, 0.2) is 5.82 Å². The van der Waals surface area contributed by atoms with E-state index in [0.717, 1.165) is 25.3 Å². The maximum Gasteiger partial charge on any atom is 0.244 e. The van der Waals surface area contributed by atoms with Crippen molar-refractivity contribution in [1.29, 1.82) is 0 Å². The average Bonchev–Trinajstić information content (AvgIpc) is 2.50. The minimum atomic E-state index is 0.541. The number of hydrogen-bond acceptors (Lipinski definition) is 6. The van der Waals surface area contributed by atoms with Crippen LogP contribution in [0.15, 0.2) is 30.5 Å². The van der Waals surface area contributed by atoms with Crippen LogP contribution in [0, 0.1) is 6.92 Å². The molecule has 0 aliphatic heterocycles. The highest BCUT2D eigenvalue weighted by Crippen LogP contribution is 2.08. The number of aryl methyl sites for hydroxylation is 1. The highest BCUT2D eigenvalue weighted by atomic mass is 15.3. The fraction of sp³-hybridized carbons (Fsp3) is 0.438. The van der Waals surface area contributed by atoms with Crippen LogP contribution < -0.4 is 10.6 Å². The fourth-order valence-corrected chi connectivity index (χ4v) is 2.08. The third-order valence-corrected chi connectivity index (χ3v) is 3.18. The monoisotopic (exact) mass is 300 g/mol. The van der Waals surface area contributed by atoms with E-state index in [4.69, 9.17) is 0 Å². The van der Waals surface area contributed by atoms with Crippen molar-refractivity contribution in [3.63, 3.8) is 0 Å². The molecule has 118 valence electrons. The maximum absolute atomic E-state index is 4.42. The number of nitrogens with zero attached hydrogens (tertiary/aromatic N) is 4. The molecule has 1 aromatic carbocycles. The van der Waals surface area contributed by atoms with Gasteiger partial charge in [0.1, 0.15) is 0 Å². The molecule has 22 heavy (non-hydrogen) atoms. The van der Waals surface area contributed by atoms with E-state index in [1.807, 2.05) is 6.07 Å². The molecule has 0 saturated heterocycles. The number of benzene rings is 1. The quantitative estimate of drug-likeness (QED) is 0.728. The predicted molar refractivity (Wildman–Crippen MR) is 90.0 cm³/mol. The topological polar surface area (TPSA) is 66.0 Å². The van der Waals surface area contributed by atoms with Crippen molar-refractivity contribution in [2.75, 3.05) is 37.8 Å². The Kier molecular flexibility index (Phi) is 6.09. The molecule has 2 aromatic rings. The van der Waals surface area contributed by atoms with Crippen molar-refractivity contribution in [2.45, 2.75) is 19.9 Å². The van der Waals surface area contributed by atoms with Gasteiger partial charge >= 0.3 is 0 Å². The van der Waals surface area contributed by atoms with Gasteiger partial charge in [-0.3, -0.25) is 0 Å². The Morgan fingerprint density at radius 3 is 2.82 bits per heavy atom. The molecular weight excluding hydrogens is 276 g/mol. The summed E-state index contributed by atoms with van der Waals surface area (Å²) in [6.07, 6.45) is 2.70. The van der Waals surface area contributed by atoms with Gasteiger partial charge in [-0.2, -0.15) is 10.1 Å². The summed E-state index contributed by atoms with van der Waals surface area (Å²) in [7, 11) is 4.14. The average molecular weight is 300 g/mol. The number of hydrogen-bond donors (Lipinski definition) is 2. The number of anilines is 2. The van der Waals surface area contributed by atoms with Crippen LogP contribution in [0.2, 0.25) is 0 Å². The molecule has 6 heteroatoms. The van der Waals surface area contributed by atoms with E-state index >= 15 is 0 Å². The lowest BCUT2D eigenvalue weighted by Crippen LogP contribution is -2.17. The molecule has 0 unspecified atom stereocenters. The molecule has 0 spiro atoms. The standard InChI is InChI=1S/C16H24N6/c1-13-6-4-7-14(10-13)11-18-16-20-15(12-19-21-16)17-8-5-9-22(2)3/h4,6-7,10,12H,5,8-9,11H2,1-3H3,(H2,17,18,20,21). The van der Waals surface area contributed by atoms with Gasteiger partial charge in [-0.15, -0.1) is 5.10 Å². The van der Waals surface area contributed by atoms with Crippen molar-refractivity contribution in [3.05, 3.63) is 41.6 Å². The third kappa shape index (κ3) is 5.65. The lowest BCUT2D eigenvalue weighted by molar-refractivity contribution is 0.405. The third-order valence-electron chi connectivity index (χ3n) is 3.18. The smallest absolute Gasteiger partial charge is 0.244 e. The van der Waals surface area contributed by atoms with Gasteiger partial charge in [-0.05, 0) is 39.5 Å². The number of rotatable bonds is 8. The predicted octanol–water partition coefficient (Wildman–Crippen LogP) is 2.16. The summed E-state index contributed by atoms with van der Waals surface area (Å²) in [5.74, 6) is 1.29. The molecule has 6 nitrogen and oxygen atoms in total. The molecule has 0 aliphatic carbocycles. The SMILES string of the molecule is Cc1cccc(CNc2nncc(NCCCN(C)C)n2)c1. The first-order chi connectivity index (χ1) is 10.6. The van der Waals surface area contributed by atoms with E-state index in [1.165, 1.54) is 11.1 Å². The van der Waals surface area contributed by atoms with Crippen molar-refractivity contribution in [2.24, 2.45) is 0 Å². The van der Waals surface area contributed by atoms with Gasteiger partial charge in [-0.25, -0.2) is 0 Å². The Bertz CT molecular complexity index is 584. The molecule has 2 rings (SSSR count). The first kappa shape index (κ1) is 16.2. The highest BCUT2D eigenvalue weighted by Gasteiger charge is 2.01. The minimum Gasteiger partial charge on any atom is -0.369 e. The summed E-state index contributed by atoms with van der Waals surface area (Å²) in [6.45, 7) is 4.69. The van der Waals surface area contributed by atoms with E-state index in [9.17, 15) is 0 Å². The van der Waals surface area contributed by atoms with Crippen molar-refractivity contribution >= 4 is 11.8 Å². The Morgan fingerprint density at radius 2 is 2.05 bits per heavy atom. The summed E-state index contributed by atoms with van der Waals surface area (Å²) < 4.78 is 0. The van der Waals surface area contributed by atoms with Crippen molar-refractivity contribution < 1.29 is 0 Å². The van der Waals surface area contributed by atoms with Crippen LogP contribution in [0.4, 0.5) is 11.8 Å². The van der Waals surface area contributed by atoms with Crippen LogP contribution in [0.5, 0.6) is 0 Å². The molecule has 0 amide bonds. The molecule has 0 radical (unpaired) electrons. The normalized spacial score (nSPS) is 10.7. The van der Waals surface area contributed by atoms with E-state index in [0.29, 0.717) is 12.5 Å². The lowest BCUT2D eigenvalue weighted by atomic mass is 10.1. The molecule has 0 fully saturated rings. The zero-order valence-corrected chi connectivity index (χ0v) is 13.5. The second-order valence-corrected chi connectivity index (χ2v) is 5.59. The Balaban J connectivity index is 1.83. The number of aromatic nitrogens is 3. The molecule has 0 atom stereocenters. The van der Waals surface area contributed by atoms with Crippen LogP contribution >= 0.6 is 0 Å². The van der Waals surface area contributed by atoms with Crippen LogP contribution in [0.1, 0.15) is 17.5 Å². The minimum absolute atomic E-state index is 0.541. The lowest BCUT2D eigenvalue weighted by Gasteiger charge is -2.10. The largest absolute Gasteiger partial charge is 0.369 e. The summed E-state index contributed by atoms with van der Waals surface area (Å²) in [5, 5.41) is 14.5. The Labute approximate surface area is 132 Å². The van der Waals surface area contributed by atoms with Gasteiger partial charge in [0.05, 0.1) is 6.20 Å². The Morgan fingerprint density at radius 1 is 1.18 bits per heavy atom. The van der Waals surface area contributed by atoms with E-state index < -0.39 is 0 Å². The van der Waals surface area contributed by atoms with Crippen molar-refractivity contribution in [1.82, 2.24) is 20.1 Å². The molecule has 0 saturated carbocycles. The molecular formula is C16H24N6. The van der Waals surface area contributed by atoms with Gasteiger partial charge in [0, 0.05) is 13.1 Å². The second kappa shape index (κ2) is 8.29. The Hall–Kier alpha value is -2.21. The van der Waals surface area contributed by atoms with Gasteiger partial charge < -0.3 is 15.5 Å². The first-order valence-electron chi connectivity index (χ1n) is 7.51. The molecule has 1 aromatic heterocycles. The zero-order valence-electron chi connectivity index (χ0n) is 13.5. The fourth-order valence-electron chi connectivity index (χ4n) is 2.08.